The average molecular weight is 479 g/mol. The Morgan fingerprint density at radius 3 is 2.59 bits per heavy atom. The molecular weight excluding hydrogens is 450 g/mol. The van der Waals surface area contributed by atoms with Crippen molar-refractivity contribution in [2.45, 2.75) is 58.9 Å². The van der Waals surface area contributed by atoms with Crippen molar-refractivity contribution >= 4 is 50.2 Å². The van der Waals surface area contributed by atoms with Crippen molar-refractivity contribution in [3.05, 3.63) is 51.0 Å². The second-order valence-corrected chi connectivity index (χ2v) is 8.77. The summed E-state index contributed by atoms with van der Waals surface area (Å²) in [5.41, 5.74) is 5.41. The normalized spacial score (nSPS) is 11.6. The van der Waals surface area contributed by atoms with E-state index < -0.39 is 0 Å². The molecule has 0 spiro atoms. The number of aliphatic hydroxyl groups excluding tert-OH is 1. The van der Waals surface area contributed by atoms with Crippen LogP contribution in [0.1, 0.15) is 56.6 Å². The number of imidazole rings is 1. The molecule has 0 radical (unpaired) electrons. The van der Waals surface area contributed by atoms with Crippen LogP contribution in [0.3, 0.4) is 0 Å². The molecular formula is C23H29BrClN3O. The topological polar surface area (TPSA) is 50.1 Å². The summed E-state index contributed by atoms with van der Waals surface area (Å²) >= 11 is 10.1. The van der Waals surface area contributed by atoms with E-state index in [4.69, 9.17) is 16.6 Å². The molecule has 2 N–H and O–H groups in total. The number of aryl methyl sites for hydroxylation is 2. The third-order valence-electron chi connectivity index (χ3n) is 5.53. The minimum absolute atomic E-state index is 0.196. The number of anilines is 2. The first-order valence-electron chi connectivity index (χ1n) is 10.3. The van der Waals surface area contributed by atoms with Crippen LogP contribution in [0.4, 0.5) is 11.6 Å². The Labute approximate surface area is 186 Å². The summed E-state index contributed by atoms with van der Waals surface area (Å²) in [5, 5.41) is 13.5. The van der Waals surface area contributed by atoms with Gasteiger partial charge in [-0.2, -0.15) is 0 Å². The van der Waals surface area contributed by atoms with Gasteiger partial charge in [-0.1, -0.05) is 47.4 Å². The number of halogens is 2. The molecule has 0 saturated heterocycles. The van der Waals surface area contributed by atoms with E-state index in [9.17, 15) is 5.11 Å². The van der Waals surface area contributed by atoms with E-state index in [0.717, 1.165) is 64.9 Å². The van der Waals surface area contributed by atoms with Gasteiger partial charge in [-0.05, 0) is 73.9 Å². The van der Waals surface area contributed by atoms with Gasteiger partial charge in [-0.25, -0.2) is 4.98 Å². The first-order chi connectivity index (χ1) is 14.0. The first kappa shape index (κ1) is 22.1. The maximum atomic E-state index is 9.27. The van der Waals surface area contributed by atoms with Crippen LogP contribution in [0, 0.1) is 6.92 Å². The Bertz CT molecular complexity index is 982. The summed E-state index contributed by atoms with van der Waals surface area (Å²) in [5.74, 6) is 1.26. The smallest absolute Gasteiger partial charge is 0.208 e. The molecule has 156 valence electrons. The lowest BCUT2D eigenvalue weighted by Crippen LogP contribution is -2.08. The van der Waals surface area contributed by atoms with Crippen LogP contribution >= 0.6 is 27.5 Å². The zero-order valence-electron chi connectivity index (χ0n) is 17.3. The zero-order chi connectivity index (χ0) is 21.0. The molecule has 2 aromatic carbocycles. The summed E-state index contributed by atoms with van der Waals surface area (Å²) in [6.45, 7) is 7.51. The van der Waals surface area contributed by atoms with E-state index in [0.29, 0.717) is 10.9 Å². The molecule has 0 saturated carbocycles. The van der Waals surface area contributed by atoms with Crippen molar-refractivity contribution in [3.63, 3.8) is 0 Å². The van der Waals surface area contributed by atoms with Crippen molar-refractivity contribution < 1.29 is 5.11 Å². The number of rotatable bonds is 9. The quantitative estimate of drug-likeness (QED) is 0.320. The fraction of sp³-hybridized carbons (Fsp3) is 0.435. The number of hydrogen-bond acceptors (Lipinski definition) is 3. The molecule has 0 aliphatic rings. The summed E-state index contributed by atoms with van der Waals surface area (Å²) < 4.78 is 3.29. The van der Waals surface area contributed by atoms with Crippen molar-refractivity contribution in [3.8, 4) is 0 Å². The molecule has 3 aromatic rings. The van der Waals surface area contributed by atoms with Crippen LogP contribution in [-0.2, 0) is 6.54 Å². The number of aliphatic hydroxyl groups is 1. The number of fused-ring (bicyclic) bond motifs is 1. The van der Waals surface area contributed by atoms with Gasteiger partial charge in [0.15, 0.2) is 0 Å². The molecule has 3 rings (SSSR count). The Hall–Kier alpha value is -1.56. The SMILES string of the molecule is CCC(CC)c1ccc(Cl)c2nc(Nc3ccc(Br)cc3C)n(CCCCO)c12. The van der Waals surface area contributed by atoms with Crippen molar-refractivity contribution in [1.29, 1.82) is 0 Å². The van der Waals surface area contributed by atoms with Crippen LogP contribution in [0.15, 0.2) is 34.8 Å². The molecule has 4 nitrogen and oxygen atoms in total. The predicted octanol–water partition coefficient (Wildman–Crippen LogP) is 7.18. The van der Waals surface area contributed by atoms with Gasteiger partial charge in [0, 0.05) is 23.3 Å². The number of hydrogen-bond donors (Lipinski definition) is 2. The second-order valence-electron chi connectivity index (χ2n) is 7.45. The molecule has 0 aliphatic carbocycles. The fourth-order valence-electron chi connectivity index (χ4n) is 3.87. The molecule has 0 aliphatic heterocycles. The predicted molar refractivity (Wildman–Crippen MR) is 127 cm³/mol. The molecule has 0 bridgehead atoms. The van der Waals surface area contributed by atoms with Crippen LogP contribution in [-0.4, -0.2) is 21.3 Å². The van der Waals surface area contributed by atoms with Gasteiger partial charge >= 0.3 is 0 Å². The molecule has 0 unspecified atom stereocenters. The van der Waals surface area contributed by atoms with Gasteiger partial charge in [0.05, 0.1) is 10.5 Å². The molecule has 29 heavy (non-hydrogen) atoms. The van der Waals surface area contributed by atoms with Gasteiger partial charge in [-0.3, -0.25) is 0 Å². The molecule has 1 heterocycles. The largest absolute Gasteiger partial charge is 0.396 e. The minimum atomic E-state index is 0.196. The highest BCUT2D eigenvalue weighted by atomic mass is 79.9. The summed E-state index contributed by atoms with van der Waals surface area (Å²) in [6.07, 6.45) is 3.79. The lowest BCUT2D eigenvalue weighted by atomic mass is 9.93. The summed E-state index contributed by atoms with van der Waals surface area (Å²) in [4.78, 5) is 4.91. The van der Waals surface area contributed by atoms with E-state index in [1.165, 1.54) is 5.56 Å². The highest BCUT2D eigenvalue weighted by Crippen LogP contribution is 2.36. The molecule has 0 atom stereocenters. The van der Waals surface area contributed by atoms with Crippen molar-refractivity contribution in [2.75, 3.05) is 11.9 Å². The number of unbranched alkanes of at least 4 members (excludes halogenated alkanes) is 1. The van der Waals surface area contributed by atoms with E-state index in [-0.39, 0.29) is 6.61 Å². The van der Waals surface area contributed by atoms with E-state index in [1.807, 2.05) is 12.1 Å². The second kappa shape index (κ2) is 9.96. The Morgan fingerprint density at radius 2 is 1.93 bits per heavy atom. The maximum Gasteiger partial charge on any atom is 0.208 e. The first-order valence-corrected chi connectivity index (χ1v) is 11.5. The standard InChI is InChI=1S/C23H29BrClN3O/c1-4-16(5-2)18-9-10-19(25)21-22(18)28(12-6-7-13-29)23(27-21)26-20-11-8-17(24)14-15(20)3/h8-11,14,16,29H,4-7,12-13H2,1-3H3,(H,26,27). The third kappa shape index (κ3) is 4.79. The Morgan fingerprint density at radius 1 is 1.17 bits per heavy atom. The Balaban J connectivity index is 2.16. The maximum absolute atomic E-state index is 9.27. The molecule has 1 aromatic heterocycles. The fourth-order valence-corrected chi connectivity index (χ4v) is 4.54. The lowest BCUT2D eigenvalue weighted by molar-refractivity contribution is 0.281. The summed E-state index contributed by atoms with van der Waals surface area (Å²) in [7, 11) is 0. The highest BCUT2D eigenvalue weighted by molar-refractivity contribution is 9.10. The van der Waals surface area contributed by atoms with Gasteiger partial charge in [0.25, 0.3) is 0 Å². The number of nitrogens with one attached hydrogen (secondary N) is 1. The van der Waals surface area contributed by atoms with Crippen LogP contribution in [0.2, 0.25) is 5.02 Å². The monoisotopic (exact) mass is 477 g/mol. The number of aromatic nitrogens is 2. The van der Waals surface area contributed by atoms with Crippen LogP contribution < -0.4 is 5.32 Å². The van der Waals surface area contributed by atoms with Gasteiger partial charge in [0.2, 0.25) is 5.95 Å². The van der Waals surface area contributed by atoms with Gasteiger partial charge < -0.3 is 15.0 Å². The number of benzene rings is 2. The number of nitrogens with zero attached hydrogens (tertiary/aromatic N) is 2. The van der Waals surface area contributed by atoms with E-state index >= 15 is 0 Å². The zero-order valence-corrected chi connectivity index (χ0v) is 19.6. The van der Waals surface area contributed by atoms with Gasteiger partial charge in [-0.15, -0.1) is 0 Å². The van der Waals surface area contributed by atoms with Crippen LogP contribution in [0.25, 0.3) is 11.0 Å². The lowest BCUT2D eigenvalue weighted by Gasteiger charge is -2.18. The van der Waals surface area contributed by atoms with Crippen molar-refractivity contribution in [2.24, 2.45) is 0 Å². The minimum Gasteiger partial charge on any atom is -0.396 e. The molecule has 0 amide bonds. The van der Waals surface area contributed by atoms with Crippen molar-refractivity contribution in [1.82, 2.24) is 9.55 Å². The van der Waals surface area contributed by atoms with Gasteiger partial charge in [0.1, 0.15) is 5.52 Å². The average Bonchev–Trinajstić information content (AvgIpc) is 3.06. The summed E-state index contributed by atoms with van der Waals surface area (Å²) in [6, 6.07) is 10.3. The van der Waals surface area contributed by atoms with Crippen LogP contribution in [0.5, 0.6) is 0 Å². The third-order valence-corrected chi connectivity index (χ3v) is 6.32. The van der Waals surface area contributed by atoms with E-state index in [1.54, 1.807) is 0 Å². The Kier molecular flexibility index (Phi) is 7.60. The highest BCUT2D eigenvalue weighted by Gasteiger charge is 2.20. The van der Waals surface area contributed by atoms with E-state index in [2.05, 4.69) is 64.8 Å². The molecule has 6 heteroatoms. The molecule has 0 fully saturated rings.